The molecule has 2 aromatic rings. The molecular weight excluding hydrogens is 168 g/mol. The van der Waals surface area contributed by atoms with E-state index in [-0.39, 0.29) is 0 Å². The highest BCUT2D eigenvalue weighted by Gasteiger charge is 2.05. The van der Waals surface area contributed by atoms with E-state index in [1.54, 1.807) is 29.8 Å². The number of nitrogens with zero attached hydrogens (tertiary/aromatic N) is 2. The maximum atomic E-state index is 10.6. The first-order valence-electron chi connectivity index (χ1n) is 3.82. The van der Waals surface area contributed by atoms with Crippen LogP contribution < -0.4 is 4.74 Å². The Hall–Kier alpha value is -1.84. The zero-order valence-corrected chi connectivity index (χ0v) is 7.10. The molecule has 0 bridgehead atoms. The van der Waals surface area contributed by atoms with Crippen molar-refractivity contribution in [2.45, 2.75) is 0 Å². The maximum absolute atomic E-state index is 10.6. The molecule has 0 spiro atoms. The topological polar surface area (TPSA) is 43.6 Å². The molecular formula is C9H8N2O2. The molecule has 66 valence electrons. The summed E-state index contributed by atoms with van der Waals surface area (Å²) in [5, 5.41) is 0. The summed E-state index contributed by atoms with van der Waals surface area (Å²) in [6.45, 7) is 0. The summed E-state index contributed by atoms with van der Waals surface area (Å²) < 4.78 is 6.77. The molecule has 0 aliphatic carbocycles. The Morgan fingerprint density at radius 3 is 3.15 bits per heavy atom. The standard InChI is InChI=1S/C9H8N2O2/c1-13-8-3-2-4-11-7(6-12)5-10-9(8)11/h2-6H,1H3. The number of methoxy groups -OCH3 is 1. The lowest BCUT2D eigenvalue weighted by molar-refractivity contribution is 0.111. The smallest absolute Gasteiger partial charge is 0.180 e. The van der Waals surface area contributed by atoms with Gasteiger partial charge in [0, 0.05) is 6.20 Å². The largest absolute Gasteiger partial charge is 0.493 e. The first-order valence-corrected chi connectivity index (χ1v) is 3.82. The number of carbonyl (C=O) groups is 1. The van der Waals surface area contributed by atoms with Gasteiger partial charge in [0.05, 0.1) is 13.3 Å². The highest BCUT2D eigenvalue weighted by molar-refractivity contribution is 5.75. The molecule has 4 heteroatoms. The number of pyridine rings is 1. The van der Waals surface area contributed by atoms with E-state index in [0.717, 1.165) is 6.29 Å². The number of aldehydes is 1. The minimum Gasteiger partial charge on any atom is -0.493 e. The number of hydrogen-bond acceptors (Lipinski definition) is 3. The maximum Gasteiger partial charge on any atom is 0.180 e. The molecule has 0 radical (unpaired) electrons. The quantitative estimate of drug-likeness (QED) is 0.645. The lowest BCUT2D eigenvalue weighted by Crippen LogP contribution is -1.92. The molecule has 0 atom stereocenters. The minimum atomic E-state index is 0.522. The van der Waals surface area contributed by atoms with Gasteiger partial charge in [0.15, 0.2) is 17.7 Å². The number of fused-ring (bicyclic) bond motifs is 1. The van der Waals surface area contributed by atoms with Gasteiger partial charge in [-0.1, -0.05) is 0 Å². The summed E-state index contributed by atoms with van der Waals surface area (Å²) in [6, 6.07) is 3.61. The minimum absolute atomic E-state index is 0.522. The molecule has 0 saturated heterocycles. The fraction of sp³-hybridized carbons (Fsp3) is 0.111. The molecule has 0 N–H and O–H groups in total. The van der Waals surface area contributed by atoms with Gasteiger partial charge in [-0.3, -0.25) is 9.20 Å². The van der Waals surface area contributed by atoms with E-state index in [9.17, 15) is 4.79 Å². The van der Waals surface area contributed by atoms with Crippen LogP contribution in [0.2, 0.25) is 0 Å². The Labute approximate surface area is 74.8 Å². The Morgan fingerprint density at radius 2 is 2.46 bits per heavy atom. The Morgan fingerprint density at radius 1 is 1.62 bits per heavy atom. The third-order valence-electron chi connectivity index (χ3n) is 1.87. The molecule has 0 aromatic carbocycles. The van der Waals surface area contributed by atoms with Crippen molar-refractivity contribution in [1.29, 1.82) is 0 Å². The molecule has 4 nitrogen and oxygen atoms in total. The van der Waals surface area contributed by atoms with Crippen molar-refractivity contribution in [2.24, 2.45) is 0 Å². The van der Waals surface area contributed by atoms with Crippen LogP contribution in [-0.2, 0) is 0 Å². The lowest BCUT2D eigenvalue weighted by Gasteiger charge is -2.00. The molecule has 0 saturated carbocycles. The van der Waals surface area contributed by atoms with Crippen LogP contribution in [0.1, 0.15) is 10.5 Å². The normalized spacial score (nSPS) is 10.2. The Kier molecular flexibility index (Phi) is 1.73. The predicted molar refractivity (Wildman–Crippen MR) is 47.1 cm³/mol. The second kappa shape index (κ2) is 2.90. The second-order valence-corrected chi connectivity index (χ2v) is 2.57. The third kappa shape index (κ3) is 1.07. The fourth-order valence-corrected chi connectivity index (χ4v) is 1.25. The van der Waals surface area contributed by atoms with Gasteiger partial charge in [-0.25, -0.2) is 4.98 Å². The summed E-state index contributed by atoms with van der Waals surface area (Å²) in [4.78, 5) is 14.6. The van der Waals surface area contributed by atoms with Gasteiger partial charge < -0.3 is 4.74 Å². The van der Waals surface area contributed by atoms with Gasteiger partial charge >= 0.3 is 0 Å². The van der Waals surface area contributed by atoms with Gasteiger partial charge in [-0.15, -0.1) is 0 Å². The van der Waals surface area contributed by atoms with Gasteiger partial charge in [0.1, 0.15) is 5.69 Å². The van der Waals surface area contributed by atoms with Crippen LogP contribution >= 0.6 is 0 Å². The number of ether oxygens (including phenoxy) is 1. The highest BCUT2D eigenvalue weighted by Crippen LogP contribution is 2.17. The first-order chi connectivity index (χ1) is 6.36. The zero-order valence-electron chi connectivity index (χ0n) is 7.10. The number of hydrogen-bond donors (Lipinski definition) is 0. The number of imidazole rings is 1. The van der Waals surface area contributed by atoms with E-state index < -0.39 is 0 Å². The van der Waals surface area contributed by atoms with Crippen LogP contribution in [-0.4, -0.2) is 22.8 Å². The Balaban J connectivity index is 2.79. The molecule has 2 rings (SSSR count). The van der Waals surface area contributed by atoms with E-state index in [1.807, 2.05) is 0 Å². The van der Waals surface area contributed by atoms with Crippen molar-refractivity contribution < 1.29 is 9.53 Å². The van der Waals surface area contributed by atoms with Crippen molar-refractivity contribution in [2.75, 3.05) is 7.11 Å². The molecule has 0 amide bonds. The van der Waals surface area contributed by atoms with Crippen molar-refractivity contribution in [3.63, 3.8) is 0 Å². The third-order valence-corrected chi connectivity index (χ3v) is 1.87. The monoisotopic (exact) mass is 176 g/mol. The molecule has 0 fully saturated rings. The SMILES string of the molecule is COc1cccn2c(C=O)cnc12. The van der Waals surface area contributed by atoms with E-state index >= 15 is 0 Å². The van der Waals surface area contributed by atoms with Crippen LogP contribution in [0.25, 0.3) is 5.65 Å². The van der Waals surface area contributed by atoms with Crippen molar-refractivity contribution in [1.82, 2.24) is 9.38 Å². The summed E-state index contributed by atoms with van der Waals surface area (Å²) >= 11 is 0. The number of rotatable bonds is 2. The highest BCUT2D eigenvalue weighted by atomic mass is 16.5. The van der Waals surface area contributed by atoms with Gasteiger partial charge in [0.2, 0.25) is 0 Å². The summed E-state index contributed by atoms with van der Waals surface area (Å²) in [6.07, 6.45) is 4.05. The average molecular weight is 176 g/mol. The van der Waals surface area contributed by atoms with Crippen molar-refractivity contribution in [3.05, 3.63) is 30.2 Å². The zero-order chi connectivity index (χ0) is 9.26. The molecule has 0 unspecified atom stereocenters. The van der Waals surface area contributed by atoms with E-state index in [0.29, 0.717) is 17.1 Å². The van der Waals surface area contributed by atoms with Gasteiger partial charge in [0.25, 0.3) is 0 Å². The second-order valence-electron chi connectivity index (χ2n) is 2.57. The number of aromatic nitrogens is 2. The van der Waals surface area contributed by atoms with Crippen LogP contribution in [0.4, 0.5) is 0 Å². The van der Waals surface area contributed by atoms with Crippen molar-refractivity contribution in [3.8, 4) is 5.75 Å². The first kappa shape index (κ1) is 7.79. The predicted octanol–water partition coefficient (Wildman–Crippen LogP) is 1.16. The molecule has 2 aromatic heterocycles. The summed E-state index contributed by atoms with van der Waals surface area (Å²) in [7, 11) is 1.57. The fourth-order valence-electron chi connectivity index (χ4n) is 1.25. The number of carbonyl (C=O) groups excluding carboxylic acids is 1. The summed E-state index contributed by atoms with van der Waals surface area (Å²) in [5.41, 5.74) is 1.18. The Bertz CT molecular complexity index is 448. The molecule has 13 heavy (non-hydrogen) atoms. The van der Waals surface area contributed by atoms with Crippen LogP contribution in [0.15, 0.2) is 24.5 Å². The summed E-state index contributed by atoms with van der Waals surface area (Å²) in [5.74, 6) is 0.663. The van der Waals surface area contributed by atoms with Gasteiger partial charge in [-0.05, 0) is 12.1 Å². The van der Waals surface area contributed by atoms with Crippen LogP contribution in [0.5, 0.6) is 5.75 Å². The lowest BCUT2D eigenvalue weighted by atomic mass is 10.4. The van der Waals surface area contributed by atoms with E-state index in [4.69, 9.17) is 4.74 Å². The van der Waals surface area contributed by atoms with Crippen molar-refractivity contribution >= 4 is 11.9 Å². The van der Waals surface area contributed by atoms with Crippen LogP contribution in [0, 0.1) is 0 Å². The van der Waals surface area contributed by atoms with E-state index in [2.05, 4.69) is 4.98 Å². The molecule has 2 heterocycles. The molecule has 0 aliphatic heterocycles. The van der Waals surface area contributed by atoms with Crippen LogP contribution in [0.3, 0.4) is 0 Å². The van der Waals surface area contributed by atoms with E-state index in [1.165, 1.54) is 6.20 Å². The van der Waals surface area contributed by atoms with Gasteiger partial charge in [-0.2, -0.15) is 0 Å². The average Bonchev–Trinajstić information content (AvgIpc) is 2.60. The molecule has 0 aliphatic rings.